The molecule has 0 fully saturated rings. The molecule has 0 atom stereocenters. The number of anilines is 1. The first kappa shape index (κ1) is 13.9. The molecule has 118 valence electrons. The minimum Gasteiger partial charge on any atom is -0.394 e. The summed E-state index contributed by atoms with van der Waals surface area (Å²) in [5, 5.41) is 17.7. The molecular formula is C15H17N7O. The number of nitrogens with zero attached hydrogens (tertiary/aromatic N) is 7. The molecule has 1 N–H and O–H groups in total. The van der Waals surface area contributed by atoms with Gasteiger partial charge in [0.25, 0.3) is 0 Å². The maximum atomic E-state index is 9.11. The normalized spacial score (nSPS) is 13.6. The van der Waals surface area contributed by atoms with Crippen molar-refractivity contribution >= 4 is 5.82 Å². The van der Waals surface area contributed by atoms with E-state index in [9.17, 15) is 0 Å². The molecule has 4 rings (SSSR count). The number of aliphatic hydroxyl groups excluding tert-OH is 1. The molecule has 0 saturated carbocycles. The summed E-state index contributed by atoms with van der Waals surface area (Å²) in [7, 11) is 0. The minimum absolute atomic E-state index is 0.0877. The van der Waals surface area contributed by atoms with Gasteiger partial charge in [-0.15, -0.1) is 0 Å². The molecule has 0 radical (unpaired) electrons. The van der Waals surface area contributed by atoms with E-state index in [4.69, 9.17) is 5.11 Å². The van der Waals surface area contributed by atoms with E-state index in [0.717, 1.165) is 36.0 Å². The number of fused-ring (bicyclic) bond motifs is 1. The van der Waals surface area contributed by atoms with Gasteiger partial charge in [-0.1, -0.05) is 0 Å². The molecule has 4 heterocycles. The van der Waals surface area contributed by atoms with Crippen LogP contribution in [0.5, 0.6) is 0 Å². The average Bonchev–Trinajstić information content (AvgIpc) is 3.25. The van der Waals surface area contributed by atoms with Crippen LogP contribution in [-0.2, 0) is 19.6 Å². The Morgan fingerprint density at radius 1 is 1.13 bits per heavy atom. The van der Waals surface area contributed by atoms with Crippen molar-refractivity contribution in [2.75, 3.05) is 11.5 Å². The largest absolute Gasteiger partial charge is 0.394 e. The Morgan fingerprint density at radius 2 is 2.00 bits per heavy atom. The van der Waals surface area contributed by atoms with Gasteiger partial charge in [-0.25, -0.2) is 14.6 Å². The molecule has 1 aliphatic heterocycles. The van der Waals surface area contributed by atoms with E-state index in [1.807, 2.05) is 30.1 Å². The predicted molar refractivity (Wildman–Crippen MR) is 83.1 cm³/mol. The predicted octanol–water partition coefficient (Wildman–Crippen LogP) is 0.680. The lowest BCUT2D eigenvalue weighted by atomic mass is 10.3. The first-order chi connectivity index (χ1) is 11.2. The van der Waals surface area contributed by atoms with Crippen LogP contribution in [0.2, 0.25) is 0 Å². The molecule has 3 aromatic heterocycles. The van der Waals surface area contributed by atoms with Gasteiger partial charge < -0.3 is 10.0 Å². The maximum absolute atomic E-state index is 9.11. The van der Waals surface area contributed by atoms with Crippen molar-refractivity contribution in [1.29, 1.82) is 0 Å². The van der Waals surface area contributed by atoms with E-state index in [1.165, 1.54) is 5.56 Å². The molecule has 1 aliphatic rings. The molecule has 8 nitrogen and oxygen atoms in total. The maximum Gasteiger partial charge on any atom is 0.158 e. The zero-order valence-corrected chi connectivity index (χ0v) is 12.8. The van der Waals surface area contributed by atoms with Crippen molar-refractivity contribution in [2.24, 2.45) is 0 Å². The molecule has 0 amide bonds. The zero-order valence-electron chi connectivity index (χ0n) is 12.8. The summed E-state index contributed by atoms with van der Waals surface area (Å²) in [6, 6.07) is 1.93. The van der Waals surface area contributed by atoms with E-state index >= 15 is 0 Å². The van der Waals surface area contributed by atoms with Gasteiger partial charge in [0.15, 0.2) is 5.82 Å². The van der Waals surface area contributed by atoms with Gasteiger partial charge in [0.2, 0.25) is 0 Å². The topological polar surface area (TPSA) is 84.9 Å². The van der Waals surface area contributed by atoms with Crippen LogP contribution in [0.15, 0.2) is 31.0 Å². The van der Waals surface area contributed by atoms with Crippen LogP contribution in [0.25, 0.3) is 5.82 Å². The second-order valence-electron chi connectivity index (χ2n) is 5.62. The van der Waals surface area contributed by atoms with Crippen LogP contribution in [0.1, 0.15) is 16.8 Å². The molecule has 0 saturated heterocycles. The molecule has 3 aromatic rings. The van der Waals surface area contributed by atoms with Gasteiger partial charge in [0.05, 0.1) is 37.8 Å². The first-order valence-corrected chi connectivity index (χ1v) is 7.47. The number of hydrogen-bond acceptors (Lipinski definition) is 6. The molecule has 0 bridgehead atoms. The number of rotatable bonds is 4. The highest BCUT2D eigenvalue weighted by Gasteiger charge is 2.24. The SMILES string of the molecule is Cc1cnn(-c2cc(N3Cc4cnn(CCO)c4C3)ncn2)c1. The molecular weight excluding hydrogens is 294 g/mol. The zero-order chi connectivity index (χ0) is 15.8. The second kappa shape index (κ2) is 5.47. The summed E-state index contributed by atoms with van der Waals surface area (Å²) in [5.74, 6) is 1.60. The molecule has 0 spiro atoms. The average molecular weight is 311 g/mol. The highest BCUT2D eigenvalue weighted by atomic mass is 16.3. The van der Waals surface area contributed by atoms with Crippen molar-refractivity contribution in [1.82, 2.24) is 29.5 Å². The summed E-state index contributed by atoms with van der Waals surface area (Å²) in [6.07, 6.45) is 7.16. The Hall–Kier alpha value is -2.74. The Bertz CT molecular complexity index is 838. The lowest BCUT2D eigenvalue weighted by molar-refractivity contribution is 0.267. The van der Waals surface area contributed by atoms with Crippen LogP contribution in [0.3, 0.4) is 0 Å². The van der Waals surface area contributed by atoms with Crippen LogP contribution < -0.4 is 4.90 Å². The fourth-order valence-corrected chi connectivity index (χ4v) is 2.83. The Morgan fingerprint density at radius 3 is 2.78 bits per heavy atom. The van der Waals surface area contributed by atoms with Crippen molar-refractivity contribution < 1.29 is 5.11 Å². The highest BCUT2D eigenvalue weighted by Crippen LogP contribution is 2.27. The van der Waals surface area contributed by atoms with Gasteiger partial charge in [-0.05, 0) is 12.5 Å². The summed E-state index contributed by atoms with van der Waals surface area (Å²) in [5.41, 5.74) is 3.39. The lowest BCUT2D eigenvalue weighted by Crippen LogP contribution is -2.19. The van der Waals surface area contributed by atoms with Gasteiger partial charge >= 0.3 is 0 Å². The third-order valence-electron chi connectivity index (χ3n) is 3.96. The smallest absolute Gasteiger partial charge is 0.158 e. The van der Waals surface area contributed by atoms with E-state index in [-0.39, 0.29) is 6.61 Å². The van der Waals surface area contributed by atoms with Crippen molar-refractivity contribution in [3.05, 3.63) is 47.8 Å². The summed E-state index contributed by atoms with van der Waals surface area (Å²) < 4.78 is 3.60. The third-order valence-corrected chi connectivity index (χ3v) is 3.96. The number of hydrogen-bond donors (Lipinski definition) is 1. The minimum atomic E-state index is 0.0877. The Labute approximate surface area is 133 Å². The van der Waals surface area contributed by atoms with Gasteiger partial charge in [0.1, 0.15) is 12.1 Å². The Balaban J connectivity index is 1.60. The van der Waals surface area contributed by atoms with E-state index in [0.29, 0.717) is 6.54 Å². The number of aryl methyl sites for hydroxylation is 1. The first-order valence-electron chi connectivity index (χ1n) is 7.47. The highest BCUT2D eigenvalue weighted by molar-refractivity contribution is 5.47. The van der Waals surface area contributed by atoms with Crippen molar-refractivity contribution in [2.45, 2.75) is 26.6 Å². The van der Waals surface area contributed by atoms with Gasteiger partial charge in [0, 0.05) is 24.4 Å². The van der Waals surface area contributed by atoms with Gasteiger partial charge in [-0.3, -0.25) is 4.68 Å². The van der Waals surface area contributed by atoms with E-state index < -0.39 is 0 Å². The summed E-state index contributed by atoms with van der Waals surface area (Å²) in [4.78, 5) is 10.8. The molecule has 0 aromatic carbocycles. The summed E-state index contributed by atoms with van der Waals surface area (Å²) >= 11 is 0. The number of aliphatic hydroxyl groups is 1. The fraction of sp³-hybridized carbons (Fsp3) is 0.333. The standard InChI is InChI=1S/C15H17N7O/c1-11-5-18-22(7-11)15-4-14(16-10-17-15)20-8-12-6-19-21(2-3-23)13(12)9-20/h4-7,10,23H,2-3,8-9H2,1H3. The lowest BCUT2D eigenvalue weighted by Gasteiger charge is -2.17. The molecule has 0 aliphatic carbocycles. The van der Waals surface area contributed by atoms with Crippen LogP contribution in [0, 0.1) is 6.92 Å². The van der Waals surface area contributed by atoms with Gasteiger partial charge in [-0.2, -0.15) is 10.2 Å². The summed E-state index contributed by atoms with van der Waals surface area (Å²) in [6.45, 7) is 4.09. The molecule has 0 unspecified atom stereocenters. The second-order valence-corrected chi connectivity index (χ2v) is 5.62. The monoisotopic (exact) mass is 311 g/mol. The van der Waals surface area contributed by atoms with Crippen molar-refractivity contribution in [3.8, 4) is 5.82 Å². The van der Waals surface area contributed by atoms with Crippen LogP contribution >= 0.6 is 0 Å². The third kappa shape index (κ3) is 2.46. The van der Waals surface area contributed by atoms with E-state index in [1.54, 1.807) is 17.2 Å². The fourth-order valence-electron chi connectivity index (χ4n) is 2.83. The molecule has 8 heteroatoms. The Kier molecular flexibility index (Phi) is 3.30. The number of aromatic nitrogens is 6. The van der Waals surface area contributed by atoms with Crippen LogP contribution in [0.4, 0.5) is 5.82 Å². The van der Waals surface area contributed by atoms with E-state index in [2.05, 4.69) is 25.1 Å². The quantitative estimate of drug-likeness (QED) is 0.763. The molecule has 23 heavy (non-hydrogen) atoms. The van der Waals surface area contributed by atoms with Crippen LogP contribution in [-0.4, -0.2) is 41.2 Å². The van der Waals surface area contributed by atoms with Crippen molar-refractivity contribution in [3.63, 3.8) is 0 Å².